The molecule has 1 aromatic heterocycles. The number of carbonyl (C=O) groups excluding carboxylic acids is 1. The van der Waals surface area contributed by atoms with Crippen molar-refractivity contribution in [3.8, 4) is 0 Å². The lowest BCUT2D eigenvalue weighted by Crippen LogP contribution is -2.09. The Balaban J connectivity index is 2.21. The van der Waals surface area contributed by atoms with Crippen molar-refractivity contribution < 1.29 is 9.18 Å². The van der Waals surface area contributed by atoms with Gasteiger partial charge in [0.15, 0.2) is 5.82 Å². The van der Waals surface area contributed by atoms with Gasteiger partial charge in [-0.25, -0.2) is 14.4 Å². The van der Waals surface area contributed by atoms with Crippen LogP contribution in [-0.4, -0.2) is 15.8 Å². The van der Waals surface area contributed by atoms with Crippen molar-refractivity contribution in [2.75, 3.05) is 0 Å². The second-order valence-corrected chi connectivity index (χ2v) is 4.27. The Morgan fingerprint density at radius 3 is 2.67 bits per heavy atom. The Morgan fingerprint density at radius 2 is 2.00 bits per heavy atom. The normalized spacial score (nSPS) is 10.4. The Hall–Kier alpha value is -1.81. The first-order valence-electron chi connectivity index (χ1n) is 5.32. The summed E-state index contributed by atoms with van der Waals surface area (Å²) < 4.78 is 13.2. The molecule has 1 heterocycles. The summed E-state index contributed by atoms with van der Waals surface area (Å²) in [7, 11) is 0. The number of halogens is 2. The molecule has 0 aliphatic carbocycles. The monoisotopic (exact) mass is 264 g/mol. The molecular weight excluding hydrogens is 255 g/mol. The first kappa shape index (κ1) is 12.6. The molecule has 92 valence electrons. The minimum atomic E-state index is -0.535. The molecule has 0 saturated heterocycles. The van der Waals surface area contributed by atoms with Gasteiger partial charge in [-0.15, -0.1) is 0 Å². The maximum absolute atomic E-state index is 13.2. The van der Waals surface area contributed by atoms with E-state index in [4.69, 9.17) is 11.6 Å². The highest BCUT2D eigenvalue weighted by atomic mass is 35.5. The second-order valence-electron chi connectivity index (χ2n) is 3.90. The van der Waals surface area contributed by atoms with Crippen LogP contribution in [0.2, 0.25) is 5.02 Å². The standard InChI is InChI=1S/C13H10ClFN2O/c1-8-6-16-13(17-7-8)11(18)5-9-3-2-4-10(15)12(9)14/h2-4,6-7H,5H2,1H3. The number of ketones is 1. The molecule has 2 aromatic rings. The van der Waals surface area contributed by atoms with Crippen LogP contribution in [0, 0.1) is 12.7 Å². The Labute approximate surface area is 109 Å². The van der Waals surface area contributed by atoms with Crippen LogP contribution in [0.5, 0.6) is 0 Å². The number of Topliss-reactive ketones (excluding diaryl/α,β-unsaturated/α-hetero) is 1. The van der Waals surface area contributed by atoms with E-state index in [1.807, 2.05) is 6.92 Å². The summed E-state index contributed by atoms with van der Waals surface area (Å²) in [4.78, 5) is 19.7. The largest absolute Gasteiger partial charge is 0.290 e. The van der Waals surface area contributed by atoms with Crippen LogP contribution in [-0.2, 0) is 6.42 Å². The Kier molecular flexibility index (Phi) is 3.67. The van der Waals surface area contributed by atoms with Gasteiger partial charge < -0.3 is 0 Å². The van der Waals surface area contributed by atoms with Gasteiger partial charge in [0.05, 0.1) is 5.02 Å². The van der Waals surface area contributed by atoms with Crippen molar-refractivity contribution in [2.24, 2.45) is 0 Å². The smallest absolute Gasteiger partial charge is 0.204 e. The summed E-state index contributed by atoms with van der Waals surface area (Å²) in [5.41, 5.74) is 1.31. The van der Waals surface area contributed by atoms with Crippen LogP contribution < -0.4 is 0 Å². The zero-order chi connectivity index (χ0) is 13.1. The summed E-state index contributed by atoms with van der Waals surface area (Å²) >= 11 is 5.78. The van der Waals surface area contributed by atoms with E-state index in [1.54, 1.807) is 18.5 Å². The van der Waals surface area contributed by atoms with Crippen molar-refractivity contribution in [2.45, 2.75) is 13.3 Å². The van der Waals surface area contributed by atoms with E-state index >= 15 is 0 Å². The average Bonchev–Trinajstić information content (AvgIpc) is 2.36. The molecule has 0 bridgehead atoms. The van der Waals surface area contributed by atoms with Gasteiger partial charge in [-0.1, -0.05) is 23.7 Å². The third-order valence-electron chi connectivity index (χ3n) is 2.41. The molecule has 0 N–H and O–H groups in total. The fourth-order valence-corrected chi connectivity index (χ4v) is 1.67. The highest BCUT2D eigenvalue weighted by molar-refractivity contribution is 6.31. The summed E-state index contributed by atoms with van der Waals surface area (Å²) in [5.74, 6) is -0.713. The molecule has 0 unspecified atom stereocenters. The zero-order valence-electron chi connectivity index (χ0n) is 9.65. The summed E-state index contributed by atoms with van der Waals surface area (Å²) in [6.07, 6.45) is 3.11. The maximum atomic E-state index is 13.2. The third kappa shape index (κ3) is 2.71. The van der Waals surface area contributed by atoms with E-state index in [9.17, 15) is 9.18 Å². The van der Waals surface area contributed by atoms with Crippen LogP contribution >= 0.6 is 11.6 Å². The van der Waals surface area contributed by atoms with Gasteiger partial charge in [-0.05, 0) is 24.1 Å². The third-order valence-corrected chi connectivity index (χ3v) is 2.84. The number of rotatable bonds is 3. The van der Waals surface area contributed by atoms with E-state index in [2.05, 4.69) is 9.97 Å². The highest BCUT2D eigenvalue weighted by Crippen LogP contribution is 2.20. The summed E-state index contributed by atoms with van der Waals surface area (Å²) in [6, 6.07) is 4.37. The topological polar surface area (TPSA) is 42.9 Å². The van der Waals surface area contributed by atoms with Crippen LogP contribution in [0.4, 0.5) is 4.39 Å². The molecule has 0 atom stereocenters. The van der Waals surface area contributed by atoms with Crippen molar-refractivity contribution in [3.63, 3.8) is 0 Å². The zero-order valence-corrected chi connectivity index (χ0v) is 10.4. The van der Waals surface area contributed by atoms with Gasteiger partial charge in [-0.2, -0.15) is 0 Å². The number of hydrogen-bond acceptors (Lipinski definition) is 3. The van der Waals surface area contributed by atoms with E-state index < -0.39 is 5.82 Å². The molecule has 0 fully saturated rings. The van der Waals surface area contributed by atoms with E-state index in [1.165, 1.54) is 12.1 Å². The lowest BCUT2D eigenvalue weighted by Gasteiger charge is -2.03. The minimum absolute atomic E-state index is 0.0142. The van der Waals surface area contributed by atoms with Crippen LogP contribution in [0.1, 0.15) is 21.7 Å². The van der Waals surface area contributed by atoms with E-state index in [0.29, 0.717) is 5.56 Å². The number of benzene rings is 1. The molecule has 0 saturated carbocycles. The molecule has 0 aliphatic rings. The SMILES string of the molecule is Cc1cnc(C(=O)Cc2cccc(F)c2Cl)nc1. The summed E-state index contributed by atoms with van der Waals surface area (Å²) in [6.45, 7) is 1.83. The minimum Gasteiger partial charge on any atom is -0.290 e. The van der Waals surface area contributed by atoms with Crippen molar-refractivity contribution in [1.82, 2.24) is 9.97 Å². The van der Waals surface area contributed by atoms with Crippen LogP contribution in [0.25, 0.3) is 0 Å². The predicted molar refractivity (Wildman–Crippen MR) is 66.2 cm³/mol. The van der Waals surface area contributed by atoms with Crippen molar-refractivity contribution >= 4 is 17.4 Å². The van der Waals surface area contributed by atoms with Gasteiger partial charge in [0.2, 0.25) is 5.78 Å². The lowest BCUT2D eigenvalue weighted by atomic mass is 10.1. The summed E-state index contributed by atoms with van der Waals surface area (Å²) in [5, 5.41) is -0.0297. The van der Waals surface area contributed by atoms with Crippen molar-refractivity contribution in [3.05, 3.63) is 58.4 Å². The first-order chi connectivity index (χ1) is 8.58. The van der Waals surface area contributed by atoms with Crippen LogP contribution in [0.15, 0.2) is 30.6 Å². The highest BCUT2D eigenvalue weighted by Gasteiger charge is 2.13. The Morgan fingerprint density at radius 1 is 1.33 bits per heavy atom. The fourth-order valence-electron chi connectivity index (χ4n) is 1.47. The number of hydrogen-bond donors (Lipinski definition) is 0. The molecular formula is C13H10ClFN2O. The molecule has 3 nitrogen and oxygen atoms in total. The molecule has 0 spiro atoms. The van der Waals surface area contributed by atoms with E-state index in [-0.39, 0.29) is 23.1 Å². The van der Waals surface area contributed by atoms with Crippen LogP contribution in [0.3, 0.4) is 0 Å². The molecule has 0 aliphatic heterocycles. The maximum Gasteiger partial charge on any atom is 0.204 e. The second kappa shape index (κ2) is 5.23. The Bertz CT molecular complexity index is 584. The van der Waals surface area contributed by atoms with Gasteiger partial charge in [0.1, 0.15) is 5.82 Å². The van der Waals surface area contributed by atoms with Gasteiger partial charge in [0.25, 0.3) is 0 Å². The number of carbonyl (C=O) groups is 1. The first-order valence-corrected chi connectivity index (χ1v) is 5.70. The fraction of sp³-hybridized carbons (Fsp3) is 0.154. The molecule has 0 amide bonds. The average molecular weight is 265 g/mol. The molecule has 0 radical (unpaired) electrons. The lowest BCUT2D eigenvalue weighted by molar-refractivity contribution is 0.0983. The number of nitrogens with zero attached hydrogens (tertiary/aromatic N) is 2. The van der Waals surface area contributed by atoms with Gasteiger partial charge in [-0.3, -0.25) is 4.79 Å². The molecule has 1 aromatic carbocycles. The van der Waals surface area contributed by atoms with Gasteiger partial charge >= 0.3 is 0 Å². The predicted octanol–water partition coefficient (Wildman–Crippen LogP) is 3.00. The van der Waals surface area contributed by atoms with E-state index in [0.717, 1.165) is 5.56 Å². The van der Waals surface area contributed by atoms with Gasteiger partial charge in [0, 0.05) is 18.8 Å². The number of aromatic nitrogens is 2. The quantitative estimate of drug-likeness (QED) is 0.801. The number of aryl methyl sites for hydroxylation is 1. The molecule has 5 heteroatoms. The molecule has 2 rings (SSSR count). The van der Waals surface area contributed by atoms with Crippen molar-refractivity contribution in [1.29, 1.82) is 0 Å². The molecule has 18 heavy (non-hydrogen) atoms.